The average Bonchev–Trinajstić information content (AvgIpc) is 2.80. The molecule has 22 heavy (non-hydrogen) atoms. The van der Waals surface area contributed by atoms with Crippen molar-refractivity contribution in [2.24, 2.45) is 7.05 Å². The molecule has 2 aromatic rings. The summed E-state index contributed by atoms with van der Waals surface area (Å²) in [5.74, 6) is -0.281. The Balaban J connectivity index is 1.96. The largest absolute Gasteiger partial charge is 0.331 e. The number of benzene rings is 1. The van der Waals surface area contributed by atoms with Gasteiger partial charge in [-0.25, -0.2) is 9.18 Å². The van der Waals surface area contributed by atoms with Gasteiger partial charge in [0.05, 0.1) is 11.7 Å². The predicted octanol–water partition coefficient (Wildman–Crippen LogP) is 2.77. The number of amides is 2. The number of carbonyl (C=O) groups excluding carboxylic acids is 1. The Kier molecular flexibility index (Phi) is 4.80. The minimum atomic E-state index is -0.281. The van der Waals surface area contributed by atoms with E-state index >= 15 is 0 Å². The van der Waals surface area contributed by atoms with E-state index in [1.165, 1.54) is 12.1 Å². The van der Waals surface area contributed by atoms with Crippen LogP contribution in [0.25, 0.3) is 0 Å². The van der Waals surface area contributed by atoms with Crippen molar-refractivity contribution in [1.82, 2.24) is 20.0 Å². The molecule has 0 aliphatic heterocycles. The van der Waals surface area contributed by atoms with E-state index < -0.39 is 0 Å². The number of aromatic nitrogens is 2. The van der Waals surface area contributed by atoms with E-state index in [1.807, 2.05) is 27.1 Å². The molecule has 6 heteroatoms. The van der Waals surface area contributed by atoms with Crippen molar-refractivity contribution in [1.29, 1.82) is 0 Å². The first-order valence-corrected chi connectivity index (χ1v) is 7.13. The number of halogens is 1. The summed E-state index contributed by atoms with van der Waals surface area (Å²) in [7, 11) is 3.56. The minimum absolute atomic E-state index is 0.128. The summed E-state index contributed by atoms with van der Waals surface area (Å²) in [6, 6.07) is 5.82. The fraction of sp³-hybridized carbons (Fsp3) is 0.375. The zero-order valence-electron chi connectivity index (χ0n) is 13.3. The molecule has 0 fully saturated rings. The smallest absolute Gasteiger partial charge is 0.317 e. The van der Waals surface area contributed by atoms with Crippen molar-refractivity contribution >= 4 is 6.03 Å². The lowest BCUT2D eigenvalue weighted by Gasteiger charge is -2.21. The van der Waals surface area contributed by atoms with Crippen molar-refractivity contribution in [3.8, 4) is 0 Å². The lowest BCUT2D eigenvalue weighted by Crippen LogP contribution is -2.38. The highest BCUT2D eigenvalue weighted by atomic mass is 19.1. The molecule has 0 bridgehead atoms. The maximum absolute atomic E-state index is 12.9. The number of hydrogen-bond acceptors (Lipinski definition) is 2. The fourth-order valence-electron chi connectivity index (χ4n) is 2.35. The average molecular weight is 304 g/mol. The van der Waals surface area contributed by atoms with Crippen LogP contribution in [-0.4, -0.2) is 27.8 Å². The predicted molar refractivity (Wildman–Crippen MR) is 82.8 cm³/mol. The van der Waals surface area contributed by atoms with Gasteiger partial charge in [0.1, 0.15) is 5.82 Å². The van der Waals surface area contributed by atoms with Crippen molar-refractivity contribution in [3.63, 3.8) is 0 Å². The Morgan fingerprint density at radius 2 is 2.05 bits per heavy atom. The highest BCUT2D eigenvalue weighted by Gasteiger charge is 2.16. The molecule has 1 aromatic heterocycles. The number of urea groups is 1. The number of aryl methyl sites for hydroxylation is 2. The van der Waals surface area contributed by atoms with Gasteiger partial charge in [0.25, 0.3) is 0 Å². The summed E-state index contributed by atoms with van der Waals surface area (Å²) in [6.45, 7) is 4.26. The monoisotopic (exact) mass is 304 g/mol. The Morgan fingerprint density at radius 3 is 2.59 bits per heavy atom. The van der Waals surface area contributed by atoms with Gasteiger partial charge >= 0.3 is 6.03 Å². The molecule has 0 saturated heterocycles. The molecule has 0 radical (unpaired) electrons. The topological polar surface area (TPSA) is 50.2 Å². The first-order chi connectivity index (χ1) is 10.4. The van der Waals surface area contributed by atoms with E-state index in [9.17, 15) is 9.18 Å². The molecule has 2 amide bonds. The van der Waals surface area contributed by atoms with Crippen molar-refractivity contribution < 1.29 is 9.18 Å². The van der Waals surface area contributed by atoms with Gasteiger partial charge in [-0.2, -0.15) is 5.10 Å². The van der Waals surface area contributed by atoms with Gasteiger partial charge in [0, 0.05) is 32.4 Å². The zero-order valence-corrected chi connectivity index (χ0v) is 13.3. The maximum Gasteiger partial charge on any atom is 0.317 e. The highest BCUT2D eigenvalue weighted by Crippen LogP contribution is 2.16. The van der Waals surface area contributed by atoms with Crippen LogP contribution in [0.1, 0.15) is 29.8 Å². The van der Waals surface area contributed by atoms with Gasteiger partial charge in [0.2, 0.25) is 0 Å². The number of hydrogen-bond donors (Lipinski definition) is 1. The van der Waals surface area contributed by atoms with Crippen molar-refractivity contribution in [2.75, 3.05) is 7.05 Å². The molecule has 118 valence electrons. The summed E-state index contributed by atoms with van der Waals surface area (Å²) in [4.78, 5) is 13.8. The Morgan fingerprint density at radius 1 is 1.41 bits per heavy atom. The van der Waals surface area contributed by atoms with E-state index in [0.717, 1.165) is 16.8 Å². The molecular weight excluding hydrogens is 283 g/mol. The Hall–Kier alpha value is -2.37. The summed E-state index contributed by atoms with van der Waals surface area (Å²) in [6.07, 6.45) is 1.90. The van der Waals surface area contributed by atoms with Crippen molar-refractivity contribution in [3.05, 3.63) is 53.1 Å². The molecule has 0 spiro atoms. The van der Waals surface area contributed by atoms with Crippen LogP contribution >= 0.6 is 0 Å². The van der Waals surface area contributed by atoms with Gasteiger partial charge in [0.15, 0.2) is 0 Å². The maximum atomic E-state index is 12.9. The number of rotatable bonds is 4. The van der Waals surface area contributed by atoms with Gasteiger partial charge < -0.3 is 10.2 Å². The third-order valence-electron chi connectivity index (χ3n) is 3.54. The Bertz CT molecular complexity index is 651. The third-order valence-corrected chi connectivity index (χ3v) is 3.54. The summed E-state index contributed by atoms with van der Waals surface area (Å²) < 4.78 is 14.6. The van der Waals surface area contributed by atoms with E-state index in [2.05, 4.69) is 10.4 Å². The van der Waals surface area contributed by atoms with Crippen LogP contribution in [0.4, 0.5) is 9.18 Å². The second-order valence-electron chi connectivity index (χ2n) is 5.50. The van der Waals surface area contributed by atoms with Gasteiger partial charge in [-0.3, -0.25) is 4.68 Å². The lowest BCUT2D eigenvalue weighted by molar-refractivity contribution is 0.203. The summed E-state index contributed by atoms with van der Waals surface area (Å²) >= 11 is 0. The van der Waals surface area contributed by atoms with E-state index in [1.54, 1.807) is 28.8 Å². The Labute approximate surface area is 129 Å². The normalized spacial score (nSPS) is 12.0. The van der Waals surface area contributed by atoms with Crippen LogP contribution in [0.2, 0.25) is 0 Å². The number of nitrogens with zero attached hydrogens (tertiary/aromatic N) is 3. The van der Waals surface area contributed by atoms with Gasteiger partial charge in [-0.15, -0.1) is 0 Å². The number of nitrogens with one attached hydrogen (secondary N) is 1. The molecule has 1 unspecified atom stereocenters. The molecule has 1 atom stereocenters. The lowest BCUT2D eigenvalue weighted by atomic mass is 10.1. The summed E-state index contributed by atoms with van der Waals surface area (Å²) in [5, 5.41) is 7.22. The number of carbonyl (C=O) groups is 1. The standard InChI is InChI=1S/C16H21FN4O/c1-11(15-10-21(4)19-12(15)2)18-16(22)20(3)9-13-5-7-14(17)8-6-13/h5-8,10-11H,9H2,1-4H3,(H,18,22). The van der Waals surface area contributed by atoms with Gasteiger partial charge in [-0.1, -0.05) is 12.1 Å². The third kappa shape index (κ3) is 3.84. The van der Waals surface area contributed by atoms with E-state index in [0.29, 0.717) is 6.54 Å². The molecular formula is C16H21FN4O. The van der Waals surface area contributed by atoms with E-state index in [-0.39, 0.29) is 17.9 Å². The molecule has 0 aliphatic rings. The van der Waals surface area contributed by atoms with Crippen LogP contribution in [-0.2, 0) is 13.6 Å². The van der Waals surface area contributed by atoms with Crippen LogP contribution < -0.4 is 5.32 Å². The SMILES string of the molecule is Cc1nn(C)cc1C(C)NC(=O)N(C)Cc1ccc(F)cc1. The van der Waals surface area contributed by atoms with Crippen molar-refractivity contribution in [2.45, 2.75) is 26.4 Å². The molecule has 0 aliphatic carbocycles. The highest BCUT2D eigenvalue weighted by molar-refractivity contribution is 5.74. The fourth-order valence-corrected chi connectivity index (χ4v) is 2.35. The van der Waals surface area contributed by atoms with Crippen LogP contribution in [0.3, 0.4) is 0 Å². The molecule has 1 N–H and O–H groups in total. The van der Waals surface area contributed by atoms with Crippen LogP contribution in [0, 0.1) is 12.7 Å². The molecule has 1 aromatic carbocycles. The minimum Gasteiger partial charge on any atom is -0.331 e. The molecule has 1 heterocycles. The molecule has 5 nitrogen and oxygen atoms in total. The molecule has 2 rings (SSSR count). The first-order valence-electron chi connectivity index (χ1n) is 7.13. The first kappa shape index (κ1) is 16.0. The van der Waals surface area contributed by atoms with Gasteiger partial charge in [-0.05, 0) is 31.5 Å². The van der Waals surface area contributed by atoms with Crippen LogP contribution in [0.15, 0.2) is 30.5 Å². The second-order valence-corrected chi connectivity index (χ2v) is 5.50. The van der Waals surface area contributed by atoms with E-state index in [4.69, 9.17) is 0 Å². The quantitative estimate of drug-likeness (QED) is 0.944. The van der Waals surface area contributed by atoms with Crippen LogP contribution in [0.5, 0.6) is 0 Å². The molecule has 0 saturated carbocycles. The summed E-state index contributed by atoms with van der Waals surface area (Å²) in [5.41, 5.74) is 2.77. The zero-order chi connectivity index (χ0) is 16.3. The second kappa shape index (κ2) is 6.60.